The molecule has 146 valence electrons. The Morgan fingerprint density at radius 2 is 1.97 bits per heavy atom. The van der Waals surface area contributed by atoms with Crippen LogP contribution in [0.1, 0.15) is 38.2 Å². The van der Waals surface area contributed by atoms with Gasteiger partial charge < -0.3 is 5.73 Å². The third-order valence-electron chi connectivity index (χ3n) is 5.48. The van der Waals surface area contributed by atoms with E-state index >= 15 is 0 Å². The summed E-state index contributed by atoms with van der Waals surface area (Å²) in [6.45, 7) is 4.15. The van der Waals surface area contributed by atoms with Crippen LogP contribution in [-0.4, -0.2) is 10.8 Å². The number of carbonyl (C=O) groups excluding carboxylic acids is 1. The molecular formula is C23H21ClN4O. The van der Waals surface area contributed by atoms with E-state index in [4.69, 9.17) is 17.3 Å². The summed E-state index contributed by atoms with van der Waals surface area (Å²) in [5, 5.41) is 10.6. The third kappa shape index (κ3) is 3.30. The Morgan fingerprint density at radius 1 is 1.24 bits per heavy atom. The number of ketones is 1. The molecule has 1 aromatic carbocycles. The molecular weight excluding hydrogens is 384 g/mol. The Balaban J connectivity index is 1.99. The number of hydrogen-bond donors (Lipinski definition) is 1. The van der Waals surface area contributed by atoms with Gasteiger partial charge in [0.25, 0.3) is 0 Å². The summed E-state index contributed by atoms with van der Waals surface area (Å²) < 4.78 is 0. The predicted molar refractivity (Wildman–Crippen MR) is 113 cm³/mol. The van der Waals surface area contributed by atoms with E-state index in [2.05, 4.69) is 24.9 Å². The lowest BCUT2D eigenvalue weighted by Gasteiger charge is -2.43. The third-order valence-corrected chi connectivity index (χ3v) is 5.74. The van der Waals surface area contributed by atoms with Crippen LogP contribution in [0.15, 0.2) is 71.5 Å². The molecule has 1 atom stereocenters. The molecule has 6 heteroatoms. The van der Waals surface area contributed by atoms with Gasteiger partial charge >= 0.3 is 0 Å². The predicted octanol–water partition coefficient (Wildman–Crippen LogP) is 4.68. The standard InChI is InChI=1S/C23H21ClN4O/c1-23(2)10-18-21(19(29)11-23)20(14-4-3-9-27-13-14)17(12-25)22(26)28(18)16-7-5-15(24)6-8-16/h3-9,13,20H,10-11,26H2,1-2H3. The summed E-state index contributed by atoms with van der Waals surface area (Å²) >= 11 is 6.06. The van der Waals surface area contributed by atoms with Crippen molar-refractivity contribution in [2.24, 2.45) is 11.1 Å². The summed E-state index contributed by atoms with van der Waals surface area (Å²) in [6, 6.07) is 13.2. The minimum absolute atomic E-state index is 0.0457. The van der Waals surface area contributed by atoms with Crippen molar-refractivity contribution in [2.45, 2.75) is 32.6 Å². The van der Waals surface area contributed by atoms with E-state index in [1.807, 2.05) is 29.2 Å². The van der Waals surface area contributed by atoms with E-state index in [-0.39, 0.29) is 11.2 Å². The number of pyridine rings is 1. The minimum atomic E-state index is -0.504. The Hall–Kier alpha value is -3.10. The highest BCUT2D eigenvalue weighted by molar-refractivity contribution is 6.30. The van der Waals surface area contributed by atoms with Crippen LogP contribution in [0.5, 0.6) is 0 Å². The molecule has 2 aliphatic rings. The summed E-state index contributed by atoms with van der Waals surface area (Å²) in [5.41, 5.74) is 9.77. The lowest BCUT2D eigenvalue weighted by atomic mass is 9.68. The maximum absolute atomic E-state index is 13.3. The van der Waals surface area contributed by atoms with Gasteiger partial charge in [-0.25, -0.2) is 0 Å². The van der Waals surface area contributed by atoms with Crippen molar-refractivity contribution in [3.8, 4) is 6.07 Å². The van der Waals surface area contributed by atoms with E-state index < -0.39 is 5.92 Å². The fourth-order valence-electron chi connectivity index (χ4n) is 4.27. The summed E-state index contributed by atoms with van der Waals surface area (Å²) in [7, 11) is 0. The molecule has 0 radical (unpaired) electrons. The smallest absolute Gasteiger partial charge is 0.162 e. The Labute approximate surface area is 175 Å². The number of halogens is 1. The van der Waals surface area contributed by atoms with Crippen LogP contribution in [0.2, 0.25) is 5.02 Å². The number of benzene rings is 1. The molecule has 1 aliphatic carbocycles. The molecule has 29 heavy (non-hydrogen) atoms. The molecule has 0 bridgehead atoms. The second kappa shape index (κ2) is 7.06. The van der Waals surface area contributed by atoms with Gasteiger partial charge in [0.05, 0.1) is 17.6 Å². The van der Waals surface area contributed by atoms with E-state index in [0.717, 1.165) is 16.9 Å². The van der Waals surface area contributed by atoms with Gasteiger partial charge in [-0.1, -0.05) is 31.5 Å². The van der Waals surface area contributed by atoms with Gasteiger partial charge in [0.15, 0.2) is 5.78 Å². The molecule has 2 aromatic rings. The van der Waals surface area contributed by atoms with Crippen molar-refractivity contribution in [2.75, 3.05) is 4.90 Å². The fourth-order valence-corrected chi connectivity index (χ4v) is 4.40. The quantitative estimate of drug-likeness (QED) is 0.785. The first kappa shape index (κ1) is 19.2. The van der Waals surface area contributed by atoms with Crippen LogP contribution in [0.4, 0.5) is 5.69 Å². The van der Waals surface area contributed by atoms with Gasteiger partial charge in [0, 0.05) is 40.8 Å². The first-order valence-electron chi connectivity index (χ1n) is 9.44. The summed E-state index contributed by atoms with van der Waals surface area (Å²) in [6.07, 6.45) is 4.47. The molecule has 5 nitrogen and oxygen atoms in total. The zero-order valence-corrected chi connectivity index (χ0v) is 17.1. The van der Waals surface area contributed by atoms with E-state index in [9.17, 15) is 10.1 Å². The monoisotopic (exact) mass is 404 g/mol. The Kier molecular flexibility index (Phi) is 4.68. The number of rotatable bonds is 2. The Morgan fingerprint density at radius 3 is 2.59 bits per heavy atom. The van der Waals surface area contributed by atoms with Gasteiger partial charge in [-0.3, -0.25) is 14.7 Å². The summed E-state index contributed by atoms with van der Waals surface area (Å²) in [5.74, 6) is -0.118. The molecule has 1 unspecified atom stereocenters. The topological polar surface area (TPSA) is 83.0 Å². The van der Waals surface area contributed by atoms with Gasteiger partial charge in [0.1, 0.15) is 5.82 Å². The molecule has 2 heterocycles. The zero-order valence-electron chi connectivity index (χ0n) is 16.3. The molecule has 0 saturated heterocycles. The fraction of sp³-hybridized carbons (Fsp3) is 0.261. The normalized spacial score (nSPS) is 21.1. The van der Waals surface area contributed by atoms with E-state index in [1.54, 1.807) is 24.5 Å². The van der Waals surface area contributed by atoms with Crippen molar-refractivity contribution >= 4 is 23.1 Å². The lowest BCUT2D eigenvalue weighted by Crippen LogP contribution is -2.42. The molecule has 1 aliphatic heterocycles. The SMILES string of the molecule is CC1(C)CC(=O)C2=C(C1)N(c1ccc(Cl)cc1)C(N)=C(C#N)C2c1cccnc1. The molecule has 0 spiro atoms. The highest BCUT2D eigenvalue weighted by Gasteiger charge is 2.44. The number of Topliss-reactive ketones (excluding diaryl/α,β-unsaturated/α-hetero) is 1. The van der Waals surface area contributed by atoms with Crippen LogP contribution in [-0.2, 0) is 4.79 Å². The number of nitrogens with two attached hydrogens (primary N) is 1. The number of nitriles is 1. The van der Waals surface area contributed by atoms with Crippen molar-refractivity contribution in [1.82, 2.24) is 4.98 Å². The maximum Gasteiger partial charge on any atom is 0.162 e. The lowest BCUT2D eigenvalue weighted by molar-refractivity contribution is -0.118. The van der Waals surface area contributed by atoms with Crippen LogP contribution in [0.3, 0.4) is 0 Å². The first-order valence-corrected chi connectivity index (χ1v) is 9.82. The maximum atomic E-state index is 13.3. The van der Waals surface area contributed by atoms with Crippen LogP contribution in [0.25, 0.3) is 0 Å². The summed E-state index contributed by atoms with van der Waals surface area (Å²) in [4.78, 5) is 19.4. The Bertz CT molecular complexity index is 1080. The first-order chi connectivity index (χ1) is 13.8. The second-order valence-electron chi connectivity index (χ2n) is 8.24. The largest absolute Gasteiger partial charge is 0.384 e. The number of allylic oxidation sites excluding steroid dienone is 3. The van der Waals surface area contributed by atoms with Crippen LogP contribution >= 0.6 is 11.6 Å². The van der Waals surface area contributed by atoms with Crippen LogP contribution in [0, 0.1) is 16.7 Å². The molecule has 1 aromatic heterocycles. The number of nitrogens with zero attached hydrogens (tertiary/aromatic N) is 3. The second-order valence-corrected chi connectivity index (χ2v) is 8.68. The average Bonchev–Trinajstić information content (AvgIpc) is 2.68. The van der Waals surface area contributed by atoms with Gasteiger partial charge in [-0.05, 0) is 47.7 Å². The highest BCUT2D eigenvalue weighted by atomic mass is 35.5. The number of anilines is 1. The van der Waals surface area contributed by atoms with Crippen molar-refractivity contribution in [3.63, 3.8) is 0 Å². The van der Waals surface area contributed by atoms with Crippen molar-refractivity contribution in [1.29, 1.82) is 5.26 Å². The van der Waals surface area contributed by atoms with Gasteiger partial charge in [-0.2, -0.15) is 5.26 Å². The molecule has 4 rings (SSSR count). The molecule has 0 saturated carbocycles. The van der Waals surface area contributed by atoms with E-state index in [1.165, 1.54) is 0 Å². The molecule has 0 amide bonds. The number of aromatic nitrogens is 1. The van der Waals surface area contributed by atoms with Crippen molar-refractivity contribution < 1.29 is 4.79 Å². The molecule has 0 fully saturated rings. The molecule has 2 N–H and O–H groups in total. The van der Waals surface area contributed by atoms with Crippen molar-refractivity contribution in [3.05, 3.63) is 82.0 Å². The van der Waals surface area contributed by atoms with Gasteiger partial charge in [-0.15, -0.1) is 0 Å². The number of hydrogen-bond acceptors (Lipinski definition) is 5. The van der Waals surface area contributed by atoms with Gasteiger partial charge in [0.2, 0.25) is 0 Å². The highest BCUT2D eigenvalue weighted by Crippen LogP contribution is 2.50. The zero-order chi connectivity index (χ0) is 20.8. The number of carbonyl (C=O) groups is 1. The minimum Gasteiger partial charge on any atom is -0.384 e. The van der Waals surface area contributed by atoms with E-state index in [0.29, 0.717) is 34.8 Å². The van der Waals surface area contributed by atoms with Crippen LogP contribution < -0.4 is 10.6 Å². The average molecular weight is 405 g/mol.